The number of carbonyl (C=O) groups is 1. The van der Waals surface area contributed by atoms with Gasteiger partial charge in [-0.2, -0.15) is 0 Å². The van der Waals surface area contributed by atoms with Crippen LogP contribution < -0.4 is 4.74 Å². The van der Waals surface area contributed by atoms with Crippen molar-refractivity contribution in [3.05, 3.63) is 107 Å². The van der Waals surface area contributed by atoms with Crippen molar-refractivity contribution < 1.29 is 19.0 Å². The molecule has 0 aliphatic carbocycles. The number of phenols is 1. The number of rotatable bonds is 6. The molecule has 1 N–H and O–H groups in total. The number of benzene rings is 3. The lowest BCUT2D eigenvalue weighted by molar-refractivity contribution is -0.128. The Labute approximate surface area is 179 Å². The van der Waals surface area contributed by atoms with Crippen LogP contribution in [0.2, 0.25) is 5.02 Å². The van der Waals surface area contributed by atoms with Gasteiger partial charge < -0.3 is 9.84 Å². The molecular formula is C25H20ClFO3. The Morgan fingerprint density at radius 2 is 1.80 bits per heavy atom. The van der Waals surface area contributed by atoms with Gasteiger partial charge in [0.25, 0.3) is 0 Å². The molecule has 3 aromatic carbocycles. The van der Waals surface area contributed by atoms with E-state index in [4.69, 9.17) is 16.3 Å². The fourth-order valence-electron chi connectivity index (χ4n) is 3.27. The van der Waals surface area contributed by atoms with Crippen molar-refractivity contribution in [3.63, 3.8) is 0 Å². The normalized spacial score (nSPS) is 11.6. The third kappa shape index (κ3) is 4.61. The zero-order valence-corrected chi connectivity index (χ0v) is 17.1. The second-order valence-electron chi connectivity index (χ2n) is 6.50. The largest absolute Gasteiger partial charge is 0.508 e. The van der Waals surface area contributed by atoms with Gasteiger partial charge in [0.1, 0.15) is 17.3 Å². The first-order chi connectivity index (χ1) is 14.4. The molecule has 3 nitrogen and oxygen atoms in total. The van der Waals surface area contributed by atoms with Crippen LogP contribution in [0.25, 0.3) is 11.1 Å². The first-order valence-electron chi connectivity index (χ1n) is 9.36. The van der Waals surface area contributed by atoms with E-state index in [1.54, 1.807) is 42.5 Å². The SMILES string of the molecule is C=CC(=O)Oc1ccccc1/C(=C(\CC)c1ccc(F)cc1Cl)c1ccc(O)cc1. The van der Waals surface area contributed by atoms with Crippen LogP contribution in [0, 0.1) is 5.82 Å². The molecule has 0 unspecified atom stereocenters. The van der Waals surface area contributed by atoms with E-state index in [0.717, 1.165) is 22.8 Å². The van der Waals surface area contributed by atoms with Crippen LogP contribution >= 0.6 is 11.6 Å². The van der Waals surface area contributed by atoms with Gasteiger partial charge in [-0.3, -0.25) is 0 Å². The van der Waals surface area contributed by atoms with E-state index in [9.17, 15) is 14.3 Å². The van der Waals surface area contributed by atoms with Gasteiger partial charge in [-0.1, -0.05) is 61.5 Å². The Morgan fingerprint density at radius 1 is 1.10 bits per heavy atom. The Hall–Kier alpha value is -3.37. The van der Waals surface area contributed by atoms with Crippen molar-refractivity contribution in [1.29, 1.82) is 0 Å². The van der Waals surface area contributed by atoms with Crippen molar-refractivity contribution in [1.82, 2.24) is 0 Å². The second kappa shape index (κ2) is 9.42. The minimum Gasteiger partial charge on any atom is -0.508 e. The van der Waals surface area contributed by atoms with Gasteiger partial charge in [0.2, 0.25) is 0 Å². The van der Waals surface area contributed by atoms with Crippen molar-refractivity contribution in [2.45, 2.75) is 13.3 Å². The number of hydrogen-bond donors (Lipinski definition) is 1. The maximum atomic E-state index is 13.7. The topological polar surface area (TPSA) is 46.5 Å². The molecule has 0 radical (unpaired) electrons. The summed E-state index contributed by atoms with van der Waals surface area (Å²) in [6.07, 6.45) is 1.67. The van der Waals surface area contributed by atoms with Crippen LogP contribution in [0.4, 0.5) is 4.39 Å². The number of carbonyl (C=O) groups excluding carboxylic acids is 1. The molecule has 0 saturated carbocycles. The Kier molecular flexibility index (Phi) is 6.70. The van der Waals surface area contributed by atoms with Gasteiger partial charge in [-0.05, 0) is 59.0 Å². The number of ether oxygens (including phenoxy) is 1. The molecule has 0 amide bonds. The molecule has 0 saturated heterocycles. The quantitative estimate of drug-likeness (QED) is 0.209. The molecule has 0 aliphatic rings. The molecule has 30 heavy (non-hydrogen) atoms. The highest BCUT2D eigenvalue weighted by Gasteiger charge is 2.19. The molecule has 0 heterocycles. The molecule has 0 aromatic heterocycles. The van der Waals surface area contributed by atoms with Crippen LogP contribution in [0.5, 0.6) is 11.5 Å². The number of para-hydroxylation sites is 1. The van der Waals surface area contributed by atoms with Crippen molar-refractivity contribution in [2.75, 3.05) is 0 Å². The summed E-state index contributed by atoms with van der Waals surface area (Å²) < 4.78 is 19.1. The van der Waals surface area contributed by atoms with Gasteiger partial charge in [0.05, 0.1) is 5.02 Å². The zero-order chi connectivity index (χ0) is 21.7. The molecule has 0 fully saturated rings. The van der Waals surface area contributed by atoms with Gasteiger partial charge in [-0.15, -0.1) is 0 Å². The van der Waals surface area contributed by atoms with E-state index < -0.39 is 11.8 Å². The maximum Gasteiger partial charge on any atom is 0.335 e. The third-order valence-electron chi connectivity index (χ3n) is 4.60. The summed E-state index contributed by atoms with van der Waals surface area (Å²) in [6.45, 7) is 5.42. The predicted octanol–water partition coefficient (Wildman–Crippen LogP) is 6.65. The zero-order valence-electron chi connectivity index (χ0n) is 16.4. The summed E-state index contributed by atoms with van der Waals surface area (Å²) in [5.74, 6) is -0.520. The van der Waals surface area contributed by atoms with E-state index in [-0.39, 0.29) is 10.8 Å². The van der Waals surface area contributed by atoms with Crippen molar-refractivity contribution >= 4 is 28.7 Å². The number of halogens is 2. The predicted molar refractivity (Wildman–Crippen MR) is 118 cm³/mol. The van der Waals surface area contributed by atoms with E-state index in [2.05, 4.69) is 6.58 Å². The highest BCUT2D eigenvalue weighted by molar-refractivity contribution is 6.32. The molecule has 0 spiro atoms. The summed E-state index contributed by atoms with van der Waals surface area (Å²) in [6, 6.07) is 18.1. The summed E-state index contributed by atoms with van der Waals surface area (Å²) in [4.78, 5) is 11.9. The summed E-state index contributed by atoms with van der Waals surface area (Å²) >= 11 is 6.38. The first-order valence-corrected chi connectivity index (χ1v) is 9.74. The Balaban J connectivity index is 2.34. The summed E-state index contributed by atoms with van der Waals surface area (Å²) in [5, 5.41) is 10.0. The van der Waals surface area contributed by atoms with Crippen LogP contribution in [0.15, 0.2) is 79.4 Å². The minimum atomic E-state index is -0.578. The smallest absolute Gasteiger partial charge is 0.335 e. The number of aromatic hydroxyl groups is 1. The molecule has 0 atom stereocenters. The third-order valence-corrected chi connectivity index (χ3v) is 4.91. The van der Waals surface area contributed by atoms with Gasteiger partial charge in [0.15, 0.2) is 0 Å². The fourth-order valence-corrected chi connectivity index (χ4v) is 3.55. The second-order valence-corrected chi connectivity index (χ2v) is 6.91. The molecule has 3 aromatic rings. The first kappa shape index (κ1) is 21.3. The summed E-state index contributed by atoms with van der Waals surface area (Å²) in [7, 11) is 0. The number of allylic oxidation sites excluding steroid dienone is 1. The lowest BCUT2D eigenvalue weighted by Gasteiger charge is -2.19. The average Bonchev–Trinajstić information content (AvgIpc) is 2.74. The van der Waals surface area contributed by atoms with Crippen LogP contribution in [0.1, 0.15) is 30.0 Å². The average molecular weight is 423 g/mol. The number of esters is 1. The van der Waals surface area contributed by atoms with Crippen LogP contribution in [-0.4, -0.2) is 11.1 Å². The van der Waals surface area contributed by atoms with E-state index in [0.29, 0.717) is 23.3 Å². The standard InChI is InChI=1S/C25H20ClFO3/c1-3-19(20-14-11-17(27)15-22(20)26)25(16-9-12-18(28)13-10-16)21-7-5-6-8-23(21)30-24(29)4-2/h4-15,28H,2-3H2,1H3/b25-19+. The number of phenolic OH excluding ortho intramolecular Hbond substituents is 1. The monoisotopic (exact) mass is 422 g/mol. The van der Waals surface area contributed by atoms with Crippen LogP contribution in [0.3, 0.4) is 0 Å². The van der Waals surface area contributed by atoms with E-state index in [1.807, 2.05) is 19.1 Å². The Bertz CT molecular complexity index is 1120. The highest BCUT2D eigenvalue weighted by Crippen LogP contribution is 2.40. The molecule has 152 valence electrons. The minimum absolute atomic E-state index is 0.127. The highest BCUT2D eigenvalue weighted by atomic mass is 35.5. The summed E-state index contributed by atoms with van der Waals surface area (Å²) in [5.41, 5.74) is 3.72. The lowest BCUT2D eigenvalue weighted by atomic mass is 9.87. The molecule has 5 heteroatoms. The van der Waals surface area contributed by atoms with E-state index >= 15 is 0 Å². The van der Waals surface area contributed by atoms with E-state index in [1.165, 1.54) is 12.1 Å². The van der Waals surface area contributed by atoms with Gasteiger partial charge >= 0.3 is 5.97 Å². The fraction of sp³-hybridized carbons (Fsp3) is 0.0800. The molecule has 0 aliphatic heterocycles. The van der Waals surface area contributed by atoms with Gasteiger partial charge in [0, 0.05) is 11.6 Å². The Morgan fingerprint density at radius 3 is 2.43 bits per heavy atom. The molecular weight excluding hydrogens is 403 g/mol. The molecule has 3 rings (SSSR count). The number of hydrogen-bond acceptors (Lipinski definition) is 3. The lowest BCUT2D eigenvalue weighted by Crippen LogP contribution is -2.06. The maximum absolute atomic E-state index is 13.7. The molecule has 0 bridgehead atoms. The van der Waals surface area contributed by atoms with Crippen molar-refractivity contribution in [3.8, 4) is 11.5 Å². The van der Waals surface area contributed by atoms with Crippen LogP contribution in [-0.2, 0) is 4.79 Å². The van der Waals surface area contributed by atoms with Crippen molar-refractivity contribution in [2.24, 2.45) is 0 Å². The van der Waals surface area contributed by atoms with Gasteiger partial charge in [-0.25, -0.2) is 9.18 Å².